The topological polar surface area (TPSA) is 67.4 Å². The molecule has 1 aliphatic rings. The van der Waals surface area contributed by atoms with Crippen LogP contribution in [0.25, 0.3) is 0 Å². The molecule has 0 aliphatic heterocycles. The van der Waals surface area contributed by atoms with E-state index in [9.17, 15) is 9.59 Å². The molecule has 1 unspecified atom stereocenters. The van der Waals surface area contributed by atoms with E-state index in [-0.39, 0.29) is 17.0 Å². The Morgan fingerprint density at radius 3 is 2.82 bits per heavy atom. The monoisotopic (exact) mass is 480 g/mol. The summed E-state index contributed by atoms with van der Waals surface area (Å²) in [5.74, 6) is -0.0919. The number of carbonyl (C=O) groups is 2. The van der Waals surface area contributed by atoms with Crippen LogP contribution in [-0.2, 0) is 17.6 Å². The average Bonchev–Trinajstić information content (AvgIpc) is 2.98. The summed E-state index contributed by atoms with van der Waals surface area (Å²) in [6.07, 6.45) is 2.82. The number of thiocarbonyl (C=S) groups is 1. The third-order valence-electron chi connectivity index (χ3n) is 4.56. The second kappa shape index (κ2) is 9.15. The number of fused-ring (bicyclic) bond motifs is 1. The minimum Gasteiger partial charge on any atom is -0.462 e. The van der Waals surface area contributed by atoms with Gasteiger partial charge in [-0.15, -0.1) is 11.3 Å². The minimum absolute atomic E-state index is 0.151. The van der Waals surface area contributed by atoms with Crippen molar-refractivity contribution >= 4 is 61.5 Å². The Morgan fingerprint density at radius 1 is 1.36 bits per heavy atom. The van der Waals surface area contributed by atoms with Crippen LogP contribution in [0.4, 0.5) is 5.00 Å². The van der Waals surface area contributed by atoms with Gasteiger partial charge in [0.1, 0.15) is 5.00 Å². The zero-order valence-corrected chi connectivity index (χ0v) is 18.9. The zero-order chi connectivity index (χ0) is 20.3. The Kier molecular flexibility index (Phi) is 6.85. The number of hydrogen-bond donors (Lipinski definition) is 2. The molecule has 0 spiro atoms. The molecule has 1 heterocycles. The summed E-state index contributed by atoms with van der Waals surface area (Å²) < 4.78 is 5.94. The van der Waals surface area contributed by atoms with Crippen LogP contribution in [0.2, 0.25) is 0 Å². The van der Waals surface area contributed by atoms with E-state index >= 15 is 0 Å². The molecule has 1 amide bonds. The lowest BCUT2D eigenvalue weighted by Gasteiger charge is -2.18. The first-order valence-corrected chi connectivity index (χ1v) is 11.1. The molecule has 1 aliphatic carbocycles. The van der Waals surface area contributed by atoms with E-state index in [1.165, 1.54) is 16.2 Å². The van der Waals surface area contributed by atoms with Crippen molar-refractivity contribution in [3.05, 3.63) is 50.3 Å². The number of benzene rings is 1. The van der Waals surface area contributed by atoms with Gasteiger partial charge in [-0.1, -0.05) is 19.1 Å². The first kappa shape index (κ1) is 21.0. The maximum atomic E-state index is 12.6. The number of hydrogen-bond acceptors (Lipinski definition) is 5. The molecule has 0 bridgehead atoms. The Balaban J connectivity index is 1.81. The van der Waals surface area contributed by atoms with E-state index in [1.807, 2.05) is 6.07 Å². The molecule has 28 heavy (non-hydrogen) atoms. The molecule has 0 radical (unpaired) electrons. The standard InChI is InChI=1S/C20H21BrN2O3S2/c1-3-26-19(25)16-13-9-8-11(2)10-15(13)28-18(16)23-20(27)22-17(24)12-6-4-5-7-14(12)21/h4-7,11H,3,8-10H2,1-2H3,(H2,22,23,24,27). The van der Waals surface area contributed by atoms with E-state index in [4.69, 9.17) is 17.0 Å². The molecule has 0 fully saturated rings. The van der Waals surface area contributed by atoms with Crippen LogP contribution in [0, 0.1) is 5.92 Å². The van der Waals surface area contributed by atoms with Gasteiger partial charge in [0.15, 0.2) is 5.11 Å². The first-order chi connectivity index (χ1) is 13.4. The summed E-state index contributed by atoms with van der Waals surface area (Å²) in [7, 11) is 0. The maximum Gasteiger partial charge on any atom is 0.341 e. The summed E-state index contributed by atoms with van der Waals surface area (Å²) >= 11 is 10.2. The third-order valence-corrected chi connectivity index (χ3v) is 6.63. The van der Waals surface area contributed by atoms with Crippen molar-refractivity contribution in [3.63, 3.8) is 0 Å². The normalized spacial score (nSPS) is 15.5. The SMILES string of the molecule is CCOC(=O)c1c(NC(=S)NC(=O)c2ccccc2Br)sc2c1CCC(C)C2. The van der Waals surface area contributed by atoms with Gasteiger partial charge in [0, 0.05) is 9.35 Å². The van der Waals surface area contributed by atoms with Crippen molar-refractivity contribution in [3.8, 4) is 0 Å². The zero-order valence-electron chi connectivity index (χ0n) is 15.6. The van der Waals surface area contributed by atoms with Crippen molar-refractivity contribution in [1.29, 1.82) is 0 Å². The predicted octanol–water partition coefficient (Wildman–Crippen LogP) is 4.94. The molecule has 1 aromatic heterocycles. The highest BCUT2D eigenvalue weighted by Gasteiger charge is 2.29. The molecular formula is C20H21BrN2O3S2. The lowest BCUT2D eigenvalue weighted by molar-refractivity contribution is 0.0526. The average molecular weight is 481 g/mol. The lowest BCUT2D eigenvalue weighted by atomic mass is 9.88. The predicted molar refractivity (Wildman–Crippen MR) is 119 cm³/mol. The van der Waals surface area contributed by atoms with Crippen molar-refractivity contribution < 1.29 is 14.3 Å². The van der Waals surface area contributed by atoms with E-state index in [1.54, 1.807) is 25.1 Å². The van der Waals surface area contributed by atoms with Crippen LogP contribution in [0.5, 0.6) is 0 Å². The Bertz CT molecular complexity index is 926. The summed E-state index contributed by atoms with van der Waals surface area (Å²) in [5, 5.41) is 6.51. The molecule has 2 aromatic rings. The molecule has 1 aromatic carbocycles. The number of amides is 1. The van der Waals surface area contributed by atoms with Gasteiger partial charge in [0.2, 0.25) is 0 Å². The Labute approximate surface area is 182 Å². The van der Waals surface area contributed by atoms with Crippen molar-refractivity contribution in [2.45, 2.75) is 33.1 Å². The summed E-state index contributed by atoms with van der Waals surface area (Å²) in [6.45, 7) is 4.30. The lowest BCUT2D eigenvalue weighted by Crippen LogP contribution is -2.34. The quantitative estimate of drug-likeness (QED) is 0.479. The number of rotatable bonds is 4. The van der Waals surface area contributed by atoms with Gasteiger partial charge in [-0.25, -0.2) is 4.79 Å². The Morgan fingerprint density at radius 2 is 2.11 bits per heavy atom. The van der Waals surface area contributed by atoms with Crippen LogP contribution < -0.4 is 10.6 Å². The number of halogens is 1. The molecule has 8 heteroatoms. The van der Waals surface area contributed by atoms with Gasteiger partial charge in [0.25, 0.3) is 5.91 Å². The molecule has 148 valence electrons. The molecule has 0 saturated carbocycles. The van der Waals surface area contributed by atoms with Crippen LogP contribution in [0.15, 0.2) is 28.7 Å². The van der Waals surface area contributed by atoms with Gasteiger partial charge in [-0.2, -0.15) is 0 Å². The number of anilines is 1. The second-order valence-electron chi connectivity index (χ2n) is 6.66. The molecule has 0 saturated heterocycles. The fourth-order valence-electron chi connectivity index (χ4n) is 3.21. The van der Waals surface area contributed by atoms with Crippen LogP contribution in [-0.4, -0.2) is 23.6 Å². The number of carbonyl (C=O) groups excluding carboxylic acids is 2. The van der Waals surface area contributed by atoms with E-state index in [0.29, 0.717) is 33.1 Å². The van der Waals surface area contributed by atoms with E-state index in [2.05, 4.69) is 33.5 Å². The van der Waals surface area contributed by atoms with E-state index < -0.39 is 0 Å². The highest BCUT2D eigenvalue weighted by Crippen LogP contribution is 2.40. The fourth-order valence-corrected chi connectivity index (χ4v) is 5.34. The van der Waals surface area contributed by atoms with Crippen LogP contribution in [0.3, 0.4) is 0 Å². The molecule has 5 nitrogen and oxygen atoms in total. The highest BCUT2D eigenvalue weighted by atomic mass is 79.9. The molecule has 2 N–H and O–H groups in total. The minimum atomic E-state index is -0.350. The fraction of sp³-hybridized carbons (Fsp3) is 0.350. The van der Waals surface area contributed by atoms with Gasteiger partial charge in [0.05, 0.1) is 17.7 Å². The number of esters is 1. The summed E-state index contributed by atoms with van der Waals surface area (Å²) in [4.78, 5) is 26.2. The van der Waals surface area contributed by atoms with Gasteiger partial charge in [-0.05, 0) is 77.9 Å². The number of ether oxygens (including phenoxy) is 1. The van der Waals surface area contributed by atoms with Crippen LogP contribution >= 0.6 is 39.5 Å². The largest absolute Gasteiger partial charge is 0.462 e. The first-order valence-electron chi connectivity index (χ1n) is 9.09. The van der Waals surface area contributed by atoms with Crippen molar-refractivity contribution in [2.24, 2.45) is 5.92 Å². The maximum absolute atomic E-state index is 12.6. The molecule has 1 atom stereocenters. The second-order valence-corrected chi connectivity index (χ2v) is 9.03. The molecule has 3 rings (SSSR count). The number of thiophene rings is 1. The number of nitrogens with one attached hydrogen (secondary N) is 2. The smallest absolute Gasteiger partial charge is 0.341 e. The summed E-state index contributed by atoms with van der Waals surface area (Å²) in [5.41, 5.74) is 2.08. The van der Waals surface area contributed by atoms with E-state index in [0.717, 1.165) is 24.8 Å². The molecular weight excluding hydrogens is 460 g/mol. The Hall–Kier alpha value is -1.77. The third kappa shape index (κ3) is 4.61. The van der Waals surface area contributed by atoms with Crippen molar-refractivity contribution in [2.75, 3.05) is 11.9 Å². The summed E-state index contributed by atoms with van der Waals surface area (Å²) in [6, 6.07) is 7.11. The van der Waals surface area contributed by atoms with Crippen molar-refractivity contribution in [1.82, 2.24) is 5.32 Å². The van der Waals surface area contributed by atoms with Crippen LogP contribution in [0.1, 0.15) is 51.4 Å². The van der Waals surface area contributed by atoms with Gasteiger partial charge < -0.3 is 10.1 Å². The highest BCUT2D eigenvalue weighted by molar-refractivity contribution is 9.10. The van der Waals surface area contributed by atoms with Gasteiger partial charge in [-0.3, -0.25) is 10.1 Å². The van der Waals surface area contributed by atoms with Gasteiger partial charge >= 0.3 is 5.97 Å².